The van der Waals surface area contributed by atoms with Gasteiger partial charge in [0.1, 0.15) is 0 Å². The Morgan fingerprint density at radius 1 is 1.42 bits per heavy atom. The molecular weight excluding hydrogens is 256 g/mol. The molecule has 1 aromatic rings. The first-order valence-corrected chi connectivity index (χ1v) is 7.76. The fourth-order valence-electron chi connectivity index (χ4n) is 2.05. The number of benzene rings is 1. The molecule has 1 aromatic carbocycles. The summed E-state index contributed by atoms with van der Waals surface area (Å²) in [6, 6.07) is 6.20. The van der Waals surface area contributed by atoms with Crippen LogP contribution in [0.3, 0.4) is 0 Å². The van der Waals surface area contributed by atoms with Gasteiger partial charge in [0, 0.05) is 17.3 Å². The summed E-state index contributed by atoms with van der Waals surface area (Å²) in [5.74, 6) is 1.78. The Morgan fingerprint density at radius 3 is 2.68 bits per heavy atom. The number of carbonyl (C=O) groups is 1. The lowest BCUT2D eigenvalue weighted by Gasteiger charge is -2.21. The van der Waals surface area contributed by atoms with Crippen molar-refractivity contribution in [1.29, 1.82) is 0 Å². The van der Waals surface area contributed by atoms with E-state index in [2.05, 4.69) is 43.5 Å². The van der Waals surface area contributed by atoms with Crippen LogP contribution in [0.4, 0.5) is 5.69 Å². The molecule has 0 saturated carbocycles. The zero-order valence-electron chi connectivity index (χ0n) is 12.0. The molecule has 1 fully saturated rings. The maximum absolute atomic E-state index is 12.1. The lowest BCUT2D eigenvalue weighted by Crippen LogP contribution is -2.37. The second-order valence-electron chi connectivity index (χ2n) is 6.04. The molecule has 2 rings (SSSR count). The predicted octanol–water partition coefficient (Wildman–Crippen LogP) is 2.89. The zero-order valence-corrected chi connectivity index (χ0v) is 12.9. The molecule has 1 amide bonds. The van der Waals surface area contributed by atoms with Gasteiger partial charge in [-0.05, 0) is 29.5 Å². The van der Waals surface area contributed by atoms with E-state index < -0.39 is 0 Å². The zero-order chi connectivity index (χ0) is 14.0. The van der Waals surface area contributed by atoms with Crippen LogP contribution in [-0.4, -0.2) is 23.6 Å². The highest BCUT2D eigenvalue weighted by molar-refractivity contribution is 7.99. The lowest BCUT2D eigenvalue weighted by atomic mass is 9.86. The first-order valence-electron chi connectivity index (χ1n) is 6.61. The highest BCUT2D eigenvalue weighted by Gasteiger charge is 2.23. The second-order valence-corrected chi connectivity index (χ2v) is 7.07. The molecular formula is C15H22N2OS. The Bertz CT molecular complexity index is 474. The quantitative estimate of drug-likeness (QED) is 0.874. The molecule has 0 bridgehead atoms. The SMILES string of the molecule is Cc1cc(C(C)(C)C)ccc1NC(=O)C1CSCN1. The van der Waals surface area contributed by atoms with Gasteiger partial charge in [-0.2, -0.15) is 0 Å². The predicted molar refractivity (Wildman–Crippen MR) is 82.8 cm³/mol. The molecule has 4 heteroatoms. The average Bonchev–Trinajstić information content (AvgIpc) is 2.84. The molecule has 2 N–H and O–H groups in total. The summed E-state index contributed by atoms with van der Waals surface area (Å²) in [5.41, 5.74) is 3.46. The standard InChI is InChI=1S/C15H22N2OS/c1-10-7-11(15(2,3)4)5-6-12(10)17-14(18)13-8-19-9-16-13/h5-7,13,16H,8-9H2,1-4H3,(H,17,18). The van der Waals surface area contributed by atoms with Gasteiger partial charge in [0.15, 0.2) is 0 Å². The maximum atomic E-state index is 12.1. The number of rotatable bonds is 2. The Hall–Kier alpha value is -1.000. The van der Waals surface area contributed by atoms with Crippen molar-refractivity contribution in [2.24, 2.45) is 0 Å². The van der Waals surface area contributed by atoms with E-state index in [9.17, 15) is 4.79 Å². The molecule has 0 aliphatic carbocycles. The number of nitrogens with one attached hydrogen (secondary N) is 2. The van der Waals surface area contributed by atoms with Crippen molar-refractivity contribution in [2.45, 2.75) is 39.2 Å². The van der Waals surface area contributed by atoms with Crippen LogP contribution >= 0.6 is 11.8 Å². The van der Waals surface area contributed by atoms with E-state index >= 15 is 0 Å². The molecule has 0 aromatic heterocycles. The van der Waals surface area contributed by atoms with Crippen LogP contribution in [0.5, 0.6) is 0 Å². The van der Waals surface area contributed by atoms with Crippen LogP contribution in [0.15, 0.2) is 18.2 Å². The van der Waals surface area contributed by atoms with Gasteiger partial charge in [0.05, 0.1) is 6.04 Å². The minimum absolute atomic E-state index is 0.0632. The first kappa shape index (κ1) is 14.4. The van der Waals surface area contributed by atoms with Gasteiger partial charge in [0.2, 0.25) is 5.91 Å². The third-order valence-electron chi connectivity index (χ3n) is 3.38. The molecule has 0 spiro atoms. The van der Waals surface area contributed by atoms with Gasteiger partial charge >= 0.3 is 0 Å². The Kier molecular flexibility index (Phi) is 4.21. The number of anilines is 1. The minimum atomic E-state index is -0.0632. The van der Waals surface area contributed by atoms with Crippen LogP contribution in [-0.2, 0) is 10.2 Å². The number of hydrogen-bond donors (Lipinski definition) is 2. The highest BCUT2D eigenvalue weighted by Crippen LogP contribution is 2.26. The van der Waals surface area contributed by atoms with E-state index in [4.69, 9.17) is 0 Å². The van der Waals surface area contributed by atoms with E-state index in [-0.39, 0.29) is 17.4 Å². The molecule has 1 aliphatic heterocycles. The Morgan fingerprint density at radius 2 is 2.16 bits per heavy atom. The monoisotopic (exact) mass is 278 g/mol. The summed E-state index contributed by atoms with van der Waals surface area (Å²) in [5, 5.41) is 6.20. The summed E-state index contributed by atoms with van der Waals surface area (Å²) in [6.45, 7) is 8.63. The van der Waals surface area contributed by atoms with Crippen LogP contribution in [0, 0.1) is 6.92 Å². The molecule has 3 nitrogen and oxygen atoms in total. The molecule has 1 aliphatic rings. The summed E-state index contributed by atoms with van der Waals surface area (Å²) >= 11 is 1.76. The van der Waals surface area contributed by atoms with Gasteiger partial charge in [-0.1, -0.05) is 32.9 Å². The largest absolute Gasteiger partial charge is 0.324 e. The van der Waals surface area contributed by atoms with Gasteiger partial charge in [-0.3, -0.25) is 10.1 Å². The fraction of sp³-hybridized carbons (Fsp3) is 0.533. The van der Waals surface area contributed by atoms with E-state index in [1.165, 1.54) is 5.56 Å². The van der Waals surface area contributed by atoms with E-state index in [1.807, 2.05) is 13.0 Å². The molecule has 0 radical (unpaired) electrons. The van der Waals surface area contributed by atoms with Crippen molar-refractivity contribution < 1.29 is 4.79 Å². The fourth-order valence-corrected chi connectivity index (χ4v) is 3.00. The molecule has 1 unspecified atom stereocenters. The van der Waals surface area contributed by atoms with Crippen LogP contribution in [0.2, 0.25) is 0 Å². The number of hydrogen-bond acceptors (Lipinski definition) is 3. The van der Waals surface area contributed by atoms with Crippen LogP contribution in [0.25, 0.3) is 0 Å². The van der Waals surface area contributed by atoms with Gasteiger partial charge in [0.25, 0.3) is 0 Å². The first-order chi connectivity index (χ1) is 8.88. The third-order valence-corrected chi connectivity index (χ3v) is 4.32. The second kappa shape index (κ2) is 5.55. The Labute approximate surface area is 119 Å². The number of amides is 1. The summed E-state index contributed by atoms with van der Waals surface area (Å²) in [6.07, 6.45) is 0. The van der Waals surface area contributed by atoms with E-state index in [0.717, 1.165) is 22.9 Å². The van der Waals surface area contributed by atoms with Crippen molar-refractivity contribution in [1.82, 2.24) is 5.32 Å². The third kappa shape index (κ3) is 3.51. The molecule has 1 heterocycles. The van der Waals surface area contributed by atoms with Crippen molar-refractivity contribution in [3.05, 3.63) is 29.3 Å². The normalized spacial score (nSPS) is 19.5. The molecule has 104 valence electrons. The van der Waals surface area contributed by atoms with Crippen molar-refractivity contribution in [3.8, 4) is 0 Å². The maximum Gasteiger partial charge on any atom is 0.242 e. The van der Waals surface area contributed by atoms with E-state index in [1.54, 1.807) is 11.8 Å². The van der Waals surface area contributed by atoms with Crippen LogP contribution < -0.4 is 10.6 Å². The molecule has 1 saturated heterocycles. The summed E-state index contributed by atoms with van der Waals surface area (Å²) in [7, 11) is 0. The minimum Gasteiger partial charge on any atom is -0.324 e. The lowest BCUT2D eigenvalue weighted by molar-refractivity contribution is -0.117. The van der Waals surface area contributed by atoms with E-state index in [0.29, 0.717) is 0 Å². The highest BCUT2D eigenvalue weighted by atomic mass is 32.2. The van der Waals surface area contributed by atoms with Crippen molar-refractivity contribution in [2.75, 3.05) is 16.9 Å². The smallest absolute Gasteiger partial charge is 0.242 e. The number of thioether (sulfide) groups is 1. The van der Waals surface area contributed by atoms with Crippen molar-refractivity contribution in [3.63, 3.8) is 0 Å². The van der Waals surface area contributed by atoms with Crippen LogP contribution in [0.1, 0.15) is 31.9 Å². The molecule has 19 heavy (non-hydrogen) atoms. The van der Waals surface area contributed by atoms with Gasteiger partial charge < -0.3 is 5.32 Å². The van der Waals surface area contributed by atoms with Crippen molar-refractivity contribution >= 4 is 23.4 Å². The summed E-state index contributed by atoms with van der Waals surface area (Å²) < 4.78 is 0. The topological polar surface area (TPSA) is 41.1 Å². The summed E-state index contributed by atoms with van der Waals surface area (Å²) in [4.78, 5) is 12.1. The molecule has 1 atom stereocenters. The number of aryl methyl sites for hydroxylation is 1. The Balaban J connectivity index is 2.11. The number of carbonyl (C=O) groups excluding carboxylic acids is 1. The average molecular weight is 278 g/mol. The van der Waals surface area contributed by atoms with Gasteiger partial charge in [-0.25, -0.2) is 0 Å². The van der Waals surface area contributed by atoms with Gasteiger partial charge in [-0.15, -0.1) is 11.8 Å².